The zero-order chi connectivity index (χ0) is 12.1. The van der Waals surface area contributed by atoms with Crippen LogP contribution in [0.4, 0.5) is 4.39 Å². The lowest BCUT2D eigenvalue weighted by atomic mass is 10.2. The Balaban J connectivity index is 1.97. The van der Waals surface area contributed by atoms with E-state index in [1.165, 1.54) is 17.0 Å². The third kappa shape index (κ3) is 4.02. The van der Waals surface area contributed by atoms with E-state index < -0.39 is 0 Å². The van der Waals surface area contributed by atoms with E-state index in [0.29, 0.717) is 0 Å². The Hall–Kier alpha value is -1.06. The van der Waals surface area contributed by atoms with Gasteiger partial charge in [-0.05, 0) is 53.4 Å². The molecule has 0 nitrogen and oxygen atoms in total. The lowest BCUT2D eigenvalue weighted by molar-refractivity contribution is 0.628. The second-order valence-corrected chi connectivity index (χ2v) is 5.32. The topological polar surface area (TPSA) is 0 Å². The van der Waals surface area contributed by atoms with Crippen LogP contribution in [0.25, 0.3) is 6.08 Å². The van der Waals surface area contributed by atoms with Gasteiger partial charge >= 0.3 is 0 Å². The van der Waals surface area contributed by atoms with E-state index in [0.717, 1.165) is 10.0 Å². The van der Waals surface area contributed by atoms with E-state index in [-0.39, 0.29) is 5.82 Å². The third-order valence-electron chi connectivity index (χ3n) is 2.15. The molecule has 0 N–H and O–H groups in total. The molecule has 17 heavy (non-hydrogen) atoms. The predicted molar refractivity (Wildman–Crippen MR) is 75.4 cm³/mol. The van der Waals surface area contributed by atoms with Gasteiger partial charge in [0.2, 0.25) is 0 Å². The summed E-state index contributed by atoms with van der Waals surface area (Å²) in [5, 5.41) is 2.00. The van der Waals surface area contributed by atoms with Crippen LogP contribution in [0.2, 0.25) is 0 Å². The highest BCUT2D eigenvalue weighted by Crippen LogP contribution is 2.22. The Bertz CT molecular complexity index is 503. The van der Waals surface area contributed by atoms with Crippen LogP contribution in [0.1, 0.15) is 5.56 Å². The van der Waals surface area contributed by atoms with Crippen molar-refractivity contribution in [3.63, 3.8) is 0 Å². The summed E-state index contributed by atoms with van der Waals surface area (Å²) in [7, 11) is 0. The highest BCUT2D eigenvalue weighted by atomic mass is 79.9. The third-order valence-corrected chi connectivity index (χ3v) is 3.49. The average Bonchev–Trinajstić information content (AvgIpc) is 2.34. The van der Waals surface area contributed by atoms with Crippen molar-refractivity contribution in [2.75, 3.05) is 0 Å². The Morgan fingerprint density at radius 3 is 2.24 bits per heavy atom. The molecule has 0 aliphatic rings. The van der Waals surface area contributed by atoms with Gasteiger partial charge in [0.1, 0.15) is 5.82 Å². The van der Waals surface area contributed by atoms with Crippen molar-refractivity contribution >= 4 is 33.8 Å². The van der Waals surface area contributed by atoms with E-state index >= 15 is 0 Å². The molecule has 0 spiro atoms. The molecular weight excluding hydrogens is 299 g/mol. The Labute approximate surface area is 113 Å². The molecular formula is C14H10BrFS. The number of thioether (sulfide) groups is 1. The molecule has 0 bridgehead atoms. The largest absolute Gasteiger partial charge is 0.207 e. The van der Waals surface area contributed by atoms with Gasteiger partial charge in [0.05, 0.1) is 0 Å². The van der Waals surface area contributed by atoms with Crippen LogP contribution in [-0.2, 0) is 0 Å². The van der Waals surface area contributed by atoms with E-state index in [9.17, 15) is 4.39 Å². The van der Waals surface area contributed by atoms with Crippen molar-refractivity contribution in [1.82, 2.24) is 0 Å². The minimum Gasteiger partial charge on any atom is -0.207 e. The van der Waals surface area contributed by atoms with Gasteiger partial charge in [0.25, 0.3) is 0 Å². The fourth-order valence-electron chi connectivity index (χ4n) is 1.28. The van der Waals surface area contributed by atoms with Crippen molar-refractivity contribution < 1.29 is 4.39 Å². The van der Waals surface area contributed by atoms with Crippen LogP contribution in [0.3, 0.4) is 0 Å². The highest BCUT2D eigenvalue weighted by molar-refractivity contribution is 9.10. The standard InChI is InChI=1S/C14H10BrFS/c15-12-3-7-14(8-4-12)17-10-9-11-1-5-13(16)6-2-11/h1-10H/b10-9-. The van der Waals surface area contributed by atoms with E-state index in [2.05, 4.69) is 15.9 Å². The van der Waals surface area contributed by atoms with E-state index in [1.807, 2.05) is 35.7 Å². The average molecular weight is 309 g/mol. The zero-order valence-corrected chi connectivity index (χ0v) is 11.3. The van der Waals surface area contributed by atoms with Gasteiger partial charge in [-0.3, -0.25) is 0 Å². The van der Waals surface area contributed by atoms with Crippen molar-refractivity contribution in [1.29, 1.82) is 0 Å². The Morgan fingerprint density at radius 1 is 0.941 bits per heavy atom. The first-order valence-corrected chi connectivity index (χ1v) is 6.76. The highest BCUT2D eigenvalue weighted by Gasteiger charge is 1.91. The van der Waals surface area contributed by atoms with Crippen molar-refractivity contribution in [2.24, 2.45) is 0 Å². The van der Waals surface area contributed by atoms with Crippen LogP contribution in [0.15, 0.2) is 63.3 Å². The molecule has 0 aliphatic heterocycles. The summed E-state index contributed by atoms with van der Waals surface area (Å²) in [6.07, 6.45) is 1.96. The molecule has 0 radical (unpaired) electrons. The normalized spacial score (nSPS) is 10.9. The SMILES string of the molecule is Fc1ccc(/C=C\Sc2ccc(Br)cc2)cc1. The molecule has 0 amide bonds. The fourth-order valence-corrected chi connectivity index (χ4v) is 2.22. The number of hydrogen-bond donors (Lipinski definition) is 0. The summed E-state index contributed by atoms with van der Waals surface area (Å²) < 4.78 is 13.8. The zero-order valence-electron chi connectivity index (χ0n) is 8.94. The molecule has 0 saturated carbocycles. The second-order valence-electron chi connectivity index (χ2n) is 3.43. The van der Waals surface area contributed by atoms with Gasteiger partial charge in [0, 0.05) is 9.37 Å². The van der Waals surface area contributed by atoms with Crippen LogP contribution in [0.5, 0.6) is 0 Å². The van der Waals surface area contributed by atoms with Crippen LogP contribution in [-0.4, -0.2) is 0 Å². The van der Waals surface area contributed by atoms with Crippen molar-refractivity contribution in [3.8, 4) is 0 Å². The molecule has 0 fully saturated rings. The van der Waals surface area contributed by atoms with Gasteiger partial charge in [-0.25, -0.2) is 4.39 Å². The van der Waals surface area contributed by atoms with E-state index in [4.69, 9.17) is 0 Å². The molecule has 2 aromatic carbocycles. The first kappa shape index (κ1) is 12.4. The molecule has 0 unspecified atom stereocenters. The molecule has 86 valence electrons. The molecule has 0 aliphatic carbocycles. The Morgan fingerprint density at radius 2 is 1.59 bits per heavy atom. The maximum Gasteiger partial charge on any atom is 0.123 e. The molecule has 0 aromatic heterocycles. The lowest BCUT2D eigenvalue weighted by Crippen LogP contribution is -1.73. The minimum absolute atomic E-state index is 0.206. The monoisotopic (exact) mass is 308 g/mol. The predicted octanol–water partition coefficient (Wildman–Crippen LogP) is 5.35. The lowest BCUT2D eigenvalue weighted by Gasteiger charge is -1.96. The fraction of sp³-hybridized carbons (Fsp3) is 0. The van der Waals surface area contributed by atoms with Gasteiger partial charge in [-0.2, -0.15) is 0 Å². The summed E-state index contributed by atoms with van der Waals surface area (Å²) in [6, 6.07) is 14.5. The summed E-state index contributed by atoms with van der Waals surface area (Å²) in [4.78, 5) is 1.17. The molecule has 0 atom stereocenters. The van der Waals surface area contributed by atoms with Crippen LogP contribution in [0, 0.1) is 5.82 Å². The van der Waals surface area contributed by atoms with Gasteiger partial charge in [-0.15, -0.1) is 0 Å². The van der Waals surface area contributed by atoms with Gasteiger partial charge in [0.15, 0.2) is 0 Å². The molecule has 0 saturated heterocycles. The van der Waals surface area contributed by atoms with Crippen LogP contribution >= 0.6 is 27.7 Å². The molecule has 0 heterocycles. The summed E-state index contributed by atoms with van der Waals surface area (Å²) in [6.45, 7) is 0. The molecule has 2 rings (SSSR count). The van der Waals surface area contributed by atoms with Crippen molar-refractivity contribution in [3.05, 3.63) is 69.8 Å². The summed E-state index contributed by atoms with van der Waals surface area (Å²) in [5.74, 6) is -0.206. The Kier molecular flexibility index (Phi) is 4.40. The van der Waals surface area contributed by atoms with E-state index in [1.54, 1.807) is 23.9 Å². The molecule has 3 heteroatoms. The van der Waals surface area contributed by atoms with Gasteiger partial charge in [-0.1, -0.05) is 39.8 Å². The number of benzene rings is 2. The van der Waals surface area contributed by atoms with Gasteiger partial charge < -0.3 is 0 Å². The number of halogens is 2. The quantitative estimate of drug-likeness (QED) is 0.689. The second kappa shape index (κ2) is 6.03. The maximum atomic E-state index is 12.7. The maximum absolute atomic E-state index is 12.7. The number of rotatable bonds is 3. The van der Waals surface area contributed by atoms with Crippen LogP contribution < -0.4 is 0 Å². The number of hydrogen-bond acceptors (Lipinski definition) is 1. The van der Waals surface area contributed by atoms with Crippen molar-refractivity contribution in [2.45, 2.75) is 4.90 Å². The smallest absolute Gasteiger partial charge is 0.123 e. The summed E-state index contributed by atoms with van der Waals surface area (Å²) >= 11 is 5.03. The first-order valence-electron chi connectivity index (χ1n) is 5.08. The molecule has 2 aromatic rings. The minimum atomic E-state index is -0.206. The first-order chi connectivity index (χ1) is 8.24. The summed E-state index contributed by atoms with van der Waals surface area (Å²) in [5.41, 5.74) is 0.996.